The van der Waals surface area contributed by atoms with Gasteiger partial charge >= 0.3 is 12.1 Å². The highest BCUT2D eigenvalue weighted by molar-refractivity contribution is 5.89. The summed E-state index contributed by atoms with van der Waals surface area (Å²) < 4.78 is 10.1. The highest BCUT2D eigenvalue weighted by Crippen LogP contribution is 2.22. The van der Waals surface area contributed by atoms with E-state index in [1.54, 1.807) is 22.8 Å². The normalized spacial score (nSPS) is 20.9. The maximum atomic E-state index is 12.7. The Labute approximate surface area is 196 Å². The number of allylic oxidation sites excluding steroid dienone is 1. The lowest BCUT2D eigenvalue weighted by Gasteiger charge is -2.33. The molecule has 2 aliphatic heterocycles. The summed E-state index contributed by atoms with van der Waals surface area (Å²) in [5, 5.41) is 2.75. The van der Waals surface area contributed by atoms with Gasteiger partial charge in [-0.15, -0.1) is 0 Å². The summed E-state index contributed by atoms with van der Waals surface area (Å²) in [7, 11) is 1.30. The average molecular weight is 466 g/mol. The molecule has 186 valence electrons. The van der Waals surface area contributed by atoms with Crippen LogP contribution < -0.4 is 5.32 Å². The van der Waals surface area contributed by atoms with Crippen LogP contribution in [0.15, 0.2) is 12.2 Å². The molecule has 2 rings (SSSR count). The SMILES string of the molecule is CC[C@H](NC(=O)[C@@H]1CCCN(C(=O)/C=C/C2CCN(C(=O)OC(C)(C)C)CC2)C1)C(=O)OC. The summed E-state index contributed by atoms with van der Waals surface area (Å²) in [6.45, 7) is 9.50. The van der Waals surface area contributed by atoms with Crippen LogP contribution in [0.25, 0.3) is 0 Å². The number of ether oxygens (including phenoxy) is 2. The molecule has 0 radical (unpaired) electrons. The molecule has 0 aliphatic carbocycles. The molecule has 33 heavy (non-hydrogen) atoms. The van der Waals surface area contributed by atoms with E-state index in [0.717, 1.165) is 19.3 Å². The molecule has 0 aromatic rings. The van der Waals surface area contributed by atoms with E-state index in [9.17, 15) is 19.2 Å². The highest BCUT2D eigenvalue weighted by atomic mass is 16.6. The lowest BCUT2D eigenvalue weighted by atomic mass is 9.95. The van der Waals surface area contributed by atoms with Gasteiger partial charge in [0, 0.05) is 26.2 Å². The van der Waals surface area contributed by atoms with Crippen LogP contribution in [0.4, 0.5) is 4.79 Å². The molecule has 0 saturated carbocycles. The highest BCUT2D eigenvalue weighted by Gasteiger charge is 2.31. The number of hydrogen-bond acceptors (Lipinski definition) is 6. The van der Waals surface area contributed by atoms with Gasteiger partial charge in [-0.3, -0.25) is 9.59 Å². The van der Waals surface area contributed by atoms with Crippen LogP contribution in [0, 0.1) is 11.8 Å². The number of likely N-dealkylation sites (tertiary alicyclic amines) is 2. The number of rotatable bonds is 6. The molecule has 0 bridgehead atoms. The second kappa shape index (κ2) is 12.0. The van der Waals surface area contributed by atoms with Crippen LogP contribution >= 0.6 is 0 Å². The second-order valence-corrected chi connectivity index (χ2v) is 9.78. The molecule has 2 fully saturated rings. The minimum Gasteiger partial charge on any atom is -0.467 e. The molecule has 9 nitrogen and oxygen atoms in total. The van der Waals surface area contributed by atoms with Gasteiger partial charge in [0.05, 0.1) is 13.0 Å². The van der Waals surface area contributed by atoms with E-state index in [1.807, 2.05) is 26.8 Å². The molecule has 0 aromatic carbocycles. The maximum Gasteiger partial charge on any atom is 0.410 e. The third kappa shape index (κ3) is 8.37. The summed E-state index contributed by atoms with van der Waals surface area (Å²) in [5.41, 5.74) is -0.514. The molecular formula is C24H39N3O6. The van der Waals surface area contributed by atoms with Crippen LogP contribution in [0.5, 0.6) is 0 Å². The number of nitrogens with one attached hydrogen (secondary N) is 1. The molecule has 0 aromatic heterocycles. The molecule has 2 aliphatic rings. The first kappa shape index (κ1) is 26.7. The van der Waals surface area contributed by atoms with Crippen molar-refractivity contribution in [2.45, 2.75) is 71.4 Å². The van der Waals surface area contributed by atoms with Crippen LogP contribution in [0.3, 0.4) is 0 Å². The van der Waals surface area contributed by atoms with E-state index in [2.05, 4.69) is 5.32 Å². The van der Waals surface area contributed by atoms with Gasteiger partial charge < -0.3 is 24.6 Å². The zero-order valence-electron chi connectivity index (χ0n) is 20.6. The molecule has 2 heterocycles. The quantitative estimate of drug-likeness (QED) is 0.477. The third-order valence-corrected chi connectivity index (χ3v) is 6.02. The summed E-state index contributed by atoms with van der Waals surface area (Å²) in [6, 6.07) is -0.667. The summed E-state index contributed by atoms with van der Waals surface area (Å²) in [5.74, 6) is -0.908. The molecule has 3 amide bonds. The Morgan fingerprint density at radius 2 is 1.73 bits per heavy atom. The predicted molar refractivity (Wildman–Crippen MR) is 123 cm³/mol. The van der Waals surface area contributed by atoms with E-state index in [0.29, 0.717) is 39.0 Å². The smallest absolute Gasteiger partial charge is 0.410 e. The molecule has 2 saturated heterocycles. The Morgan fingerprint density at radius 1 is 1.06 bits per heavy atom. The fourth-order valence-corrected chi connectivity index (χ4v) is 4.08. The van der Waals surface area contributed by atoms with Gasteiger partial charge in [-0.2, -0.15) is 0 Å². The van der Waals surface area contributed by atoms with Gasteiger partial charge in [0.1, 0.15) is 11.6 Å². The van der Waals surface area contributed by atoms with Crippen LogP contribution in [0.1, 0.15) is 59.8 Å². The van der Waals surface area contributed by atoms with Gasteiger partial charge in [0.2, 0.25) is 11.8 Å². The van der Waals surface area contributed by atoms with E-state index < -0.39 is 17.6 Å². The minimum absolute atomic E-state index is 0.109. The lowest BCUT2D eigenvalue weighted by Crippen LogP contribution is -2.49. The van der Waals surface area contributed by atoms with Crippen molar-refractivity contribution in [2.24, 2.45) is 11.8 Å². The number of carbonyl (C=O) groups excluding carboxylic acids is 4. The first-order valence-corrected chi connectivity index (χ1v) is 11.9. The molecule has 9 heteroatoms. The molecule has 0 spiro atoms. The first-order chi connectivity index (χ1) is 15.5. The van der Waals surface area contributed by atoms with Crippen LogP contribution in [-0.4, -0.2) is 78.6 Å². The standard InChI is InChI=1S/C24H39N3O6/c1-6-19(22(30)32-5)25-21(29)18-8-7-13-27(16-18)20(28)10-9-17-11-14-26(15-12-17)23(31)33-24(2,3)4/h9-10,17-19H,6-8,11-16H2,1-5H3,(H,25,29)/b10-9+/t18-,19+/m1/s1. The summed E-state index contributed by atoms with van der Waals surface area (Å²) in [4.78, 5) is 52.7. The van der Waals surface area contributed by atoms with Crippen molar-refractivity contribution >= 4 is 23.9 Å². The fourth-order valence-electron chi connectivity index (χ4n) is 4.08. The Hall–Kier alpha value is -2.58. The Kier molecular flexibility index (Phi) is 9.73. The molecule has 1 N–H and O–H groups in total. The van der Waals surface area contributed by atoms with Gasteiger partial charge in [0.25, 0.3) is 0 Å². The van der Waals surface area contributed by atoms with Gasteiger partial charge in [-0.1, -0.05) is 13.0 Å². The number of amides is 3. The maximum absolute atomic E-state index is 12.7. The van der Waals surface area contributed by atoms with Crippen molar-refractivity contribution in [1.82, 2.24) is 15.1 Å². The summed E-state index contributed by atoms with van der Waals surface area (Å²) in [6.07, 6.45) is 6.64. The van der Waals surface area contributed by atoms with Crippen LogP contribution in [-0.2, 0) is 23.9 Å². The zero-order chi connectivity index (χ0) is 24.6. The number of hydrogen-bond donors (Lipinski definition) is 1. The monoisotopic (exact) mass is 465 g/mol. The summed E-state index contributed by atoms with van der Waals surface area (Å²) >= 11 is 0. The zero-order valence-corrected chi connectivity index (χ0v) is 20.6. The van der Waals surface area contributed by atoms with Crippen molar-refractivity contribution in [3.8, 4) is 0 Å². The predicted octanol–water partition coefficient (Wildman–Crippen LogP) is 2.50. The topological polar surface area (TPSA) is 105 Å². The van der Waals surface area contributed by atoms with E-state index in [4.69, 9.17) is 9.47 Å². The van der Waals surface area contributed by atoms with Gasteiger partial charge in [-0.25, -0.2) is 9.59 Å². The lowest BCUT2D eigenvalue weighted by molar-refractivity contribution is -0.146. The molecule has 0 unspecified atom stereocenters. The number of carbonyl (C=O) groups is 4. The Bertz CT molecular complexity index is 737. The average Bonchev–Trinajstić information content (AvgIpc) is 2.79. The first-order valence-electron chi connectivity index (χ1n) is 11.9. The number of methoxy groups -OCH3 is 1. The van der Waals surface area contributed by atoms with Gasteiger partial charge in [-0.05, 0) is 64.9 Å². The van der Waals surface area contributed by atoms with Crippen molar-refractivity contribution in [1.29, 1.82) is 0 Å². The van der Waals surface area contributed by atoms with Crippen molar-refractivity contribution in [3.63, 3.8) is 0 Å². The minimum atomic E-state index is -0.667. The van der Waals surface area contributed by atoms with E-state index in [-0.39, 0.29) is 29.7 Å². The molecule has 2 atom stereocenters. The number of nitrogens with zero attached hydrogens (tertiary/aromatic N) is 2. The van der Waals surface area contributed by atoms with Crippen molar-refractivity contribution in [2.75, 3.05) is 33.3 Å². The van der Waals surface area contributed by atoms with Crippen molar-refractivity contribution < 1.29 is 28.7 Å². The number of esters is 1. The molecular weight excluding hydrogens is 426 g/mol. The fraction of sp³-hybridized carbons (Fsp3) is 0.750. The second-order valence-electron chi connectivity index (χ2n) is 9.78. The Balaban J connectivity index is 1.82. The van der Waals surface area contributed by atoms with Gasteiger partial charge in [0.15, 0.2) is 0 Å². The number of piperidine rings is 2. The Morgan fingerprint density at radius 3 is 2.30 bits per heavy atom. The van der Waals surface area contributed by atoms with E-state index >= 15 is 0 Å². The van der Waals surface area contributed by atoms with Crippen LogP contribution in [0.2, 0.25) is 0 Å². The van der Waals surface area contributed by atoms with Crippen molar-refractivity contribution in [3.05, 3.63) is 12.2 Å². The largest absolute Gasteiger partial charge is 0.467 e. The third-order valence-electron chi connectivity index (χ3n) is 6.02. The van der Waals surface area contributed by atoms with E-state index in [1.165, 1.54) is 7.11 Å².